The van der Waals surface area contributed by atoms with Gasteiger partial charge in [-0.05, 0) is 23.3 Å². The lowest BCUT2D eigenvalue weighted by Gasteiger charge is -2.10. The summed E-state index contributed by atoms with van der Waals surface area (Å²) < 4.78 is 39.7. The van der Waals surface area contributed by atoms with Crippen LogP contribution in [0.15, 0.2) is 55.1 Å². The molecule has 0 saturated heterocycles. The summed E-state index contributed by atoms with van der Waals surface area (Å²) in [4.78, 5) is 7.47. The molecule has 0 aliphatic rings. The van der Waals surface area contributed by atoms with E-state index in [2.05, 4.69) is 20.4 Å². The number of hydrogen-bond donors (Lipinski definition) is 1. The molecule has 3 aromatic rings. The average molecular weight is 333 g/mol. The van der Waals surface area contributed by atoms with Gasteiger partial charge in [-0.3, -0.25) is 0 Å². The fourth-order valence-electron chi connectivity index (χ4n) is 2.22. The van der Waals surface area contributed by atoms with Crippen molar-refractivity contribution in [1.29, 1.82) is 0 Å². The van der Waals surface area contributed by atoms with E-state index in [0.717, 1.165) is 17.2 Å². The molecule has 0 aliphatic heterocycles. The van der Waals surface area contributed by atoms with E-state index in [4.69, 9.17) is 0 Å². The van der Waals surface area contributed by atoms with Gasteiger partial charge in [-0.15, -0.1) is 0 Å². The van der Waals surface area contributed by atoms with Crippen molar-refractivity contribution < 1.29 is 13.2 Å². The third-order valence-corrected chi connectivity index (χ3v) is 3.32. The summed E-state index contributed by atoms with van der Waals surface area (Å²) in [6.07, 6.45) is -1.36. The van der Waals surface area contributed by atoms with E-state index in [9.17, 15) is 13.2 Å². The molecule has 0 bridgehead atoms. The second-order valence-corrected chi connectivity index (χ2v) is 5.17. The van der Waals surface area contributed by atoms with Gasteiger partial charge in [0.15, 0.2) is 0 Å². The molecule has 1 aromatic carbocycles. The van der Waals surface area contributed by atoms with Crippen LogP contribution < -0.4 is 5.32 Å². The Morgan fingerprint density at radius 3 is 2.58 bits per heavy atom. The summed E-state index contributed by atoms with van der Waals surface area (Å²) in [6.45, 7) is 0.954. The highest BCUT2D eigenvalue weighted by Crippen LogP contribution is 2.28. The number of rotatable bonds is 5. The van der Waals surface area contributed by atoms with Gasteiger partial charge in [-0.2, -0.15) is 18.3 Å². The molecule has 2 aromatic heterocycles. The lowest BCUT2D eigenvalue weighted by molar-refractivity contribution is -0.141. The van der Waals surface area contributed by atoms with Crippen molar-refractivity contribution in [3.63, 3.8) is 0 Å². The van der Waals surface area contributed by atoms with Gasteiger partial charge in [0.1, 0.15) is 24.2 Å². The number of pyridine rings is 1. The van der Waals surface area contributed by atoms with E-state index in [1.54, 1.807) is 11.0 Å². The zero-order valence-electron chi connectivity index (χ0n) is 12.5. The van der Waals surface area contributed by atoms with Gasteiger partial charge in [0, 0.05) is 6.54 Å². The molecular weight excluding hydrogens is 319 g/mol. The quantitative estimate of drug-likeness (QED) is 0.778. The van der Waals surface area contributed by atoms with Gasteiger partial charge in [-0.25, -0.2) is 14.6 Å². The number of anilines is 1. The van der Waals surface area contributed by atoms with Crippen LogP contribution in [-0.4, -0.2) is 19.7 Å². The zero-order chi connectivity index (χ0) is 17.0. The molecule has 124 valence electrons. The summed E-state index contributed by atoms with van der Waals surface area (Å²) in [6, 6.07) is 11.5. The molecule has 0 saturated carbocycles. The van der Waals surface area contributed by atoms with E-state index in [-0.39, 0.29) is 5.82 Å². The number of halogens is 3. The first-order valence-electron chi connectivity index (χ1n) is 7.19. The molecule has 24 heavy (non-hydrogen) atoms. The molecule has 0 radical (unpaired) electrons. The Hall–Kier alpha value is -2.90. The van der Waals surface area contributed by atoms with Crippen LogP contribution in [0.1, 0.15) is 16.8 Å². The minimum absolute atomic E-state index is 0.187. The fourth-order valence-corrected chi connectivity index (χ4v) is 2.22. The minimum atomic E-state index is -4.45. The van der Waals surface area contributed by atoms with Crippen molar-refractivity contribution in [2.24, 2.45) is 0 Å². The molecular formula is C16H14F3N5. The third-order valence-electron chi connectivity index (χ3n) is 3.32. The van der Waals surface area contributed by atoms with Gasteiger partial charge in [-0.1, -0.05) is 30.3 Å². The molecule has 0 unspecified atom stereocenters. The Labute approximate surface area is 136 Å². The van der Waals surface area contributed by atoms with Crippen molar-refractivity contribution >= 4 is 5.82 Å². The second-order valence-electron chi connectivity index (χ2n) is 5.17. The second kappa shape index (κ2) is 6.69. The van der Waals surface area contributed by atoms with Gasteiger partial charge < -0.3 is 5.32 Å². The Morgan fingerprint density at radius 2 is 1.83 bits per heavy atom. The molecule has 3 rings (SSSR count). The van der Waals surface area contributed by atoms with E-state index in [1.807, 2.05) is 24.3 Å². The molecule has 5 nitrogen and oxygen atoms in total. The van der Waals surface area contributed by atoms with Crippen LogP contribution in [0.25, 0.3) is 0 Å². The fraction of sp³-hybridized carbons (Fsp3) is 0.188. The van der Waals surface area contributed by atoms with Crippen LogP contribution in [0.4, 0.5) is 19.0 Å². The highest BCUT2D eigenvalue weighted by molar-refractivity contribution is 5.37. The summed E-state index contributed by atoms with van der Waals surface area (Å²) in [7, 11) is 0. The lowest BCUT2D eigenvalue weighted by atomic mass is 10.1. The zero-order valence-corrected chi connectivity index (χ0v) is 12.5. The molecule has 0 aliphatic carbocycles. The number of aromatic nitrogens is 4. The molecule has 0 amide bonds. The van der Waals surface area contributed by atoms with Crippen molar-refractivity contribution in [2.45, 2.75) is 19.3 Å². The maximum Gasteiger partial charge on any atom is 0.433 e. The van der Waals surface area contributed by atoms with E-state index in [1.165, 1.54) is 18.5 Å². The highest BCUT2D eigenvalue weighted by Gasteiger charge is 2.32. The lowest BCUT2D eigenvalue weighted by Crippen LogP contribution is -2.10. The van der Waals surface area contributed by atoms with Gasteiger partial charge in [0.05, 0.1) is 6.54 Å². The first-order valence-corrected chi connectivity index (χ1v) is 7.19. The maximum absolute atomic E-state index is 12.7. The molecule has 2 heterocycles. The maximum atomic E-state index is 12.7. The summed E-state index contributed by atoms with van der Waals surface area (Å²) in [5.41, 5.74) is 1.05. The molecule has 0 atom stereocenters. The van der Waals surface area contributed by atoms with Crippen LogP contribution in [0, 0.1) is 0 Å². The predicted molar refractivity (Wildman–Crippen MR) is 82.1 cm³/mol. The predicted octanol–water partition coefficient (Wildman–Crippen LogP) is 3.35. The SMILES string of the molecule is FC(F)(F)c1cccc(NCc2cccc(Cn3cncn3)c2)n1. The topological polar surface area (TPSA) is 55.6 Å². The molecule has 8 heteroatoms. The normalized spacial score (nSPS) is 11.5. The van der Waals surface area contributed by atoms with Crippen LogP contribution in [-0.2, 0) is 19.3 Å². The number of nitrogens with zero attached hydrogens (tertiary/aromatic N) is 4. The Morgan fingerprint density at radius 1 is 1.04 bits per heavy atom. The summed E-state index contributed by atoms with van der Waals surface area (Å²) >= 11 is 0. The number of alkyl halides is 3. The molecule has 0 spiro atoms. The van der Waals surface area contributed by atoms with Crippen molar-refractivity contribution in [2.75, 3.05) is 5.32 Å². The summed E-state index contributed by atoms with van der Waals surface area (Å²) in [5, 5.41) is 6.95. The number of benzene rings is 1. The standard InChI is InChI=1S/C16H14F3N5/c17-16(18,19)14-5-2-6-15(23-14)21-8-12-3-1-4-13(7-12)9-24-11-20-10-22-24/h1-7,10-11H,8-9H2,(H,21,23). The summed E-state index contributed by atoms with van der Waals surface area (Å²) in [5.74, 6) is 0.187. The van der Waals surface area contributed by atoms with Crippen LogP contribution in [0.2, 0.25) is 0 Å². The monoisotopic (exact) mass is 333 g/mol. The molecule has 1 N–H and O–H groups in total. The minimum Gasteiger partial charge on any atom is -0.366 e. The van der Waals surface area contributed by atoms with Crippen molar-refractivity contribution in [1.82, 2.24) is 19.7 Å². The smallest absolute Gasteiger partial charge is 0.366 e. The van der Waals surface area contributed by atoms with Gasteiger partial charge in [0.25, 0.3) is 0 Å². The Bertz CT molecular complexity index is 799. The van der Waals surface area contributed by atoms with Gasteiger partial charge in [0.2, 0.25) is 0 Å². The average Bonchev–Trinajstić information content (AvgIpc) is 3.06. The van der Waals surface area contributed by atoms with Crippen molar-refractivity contribution in [3.8, 4) is 0 Å². The van der Waals surface area contributed by atoms with Crippen LogP contribution in [0.5, 0.6) is 0 Å². The Kier molecular flexibility index (Phi) is 4.45. The van der Waals surface area contributed by atoms with Crippen LogP contribution >= 0.6 is 0 Å². The third kappa shape index (κ3) is 4.09. The van der Waals surface area contributed by atoms with E-state index < -0.39 is 11.9 Å². The number of nitrogens with one attached hydrogen (secondary N) is 1. The van der Waals surface area contributed by atoms with Crippen molar-refractivity contribution in [3.05, 3.63) is 71.9 Å². The first kappa shape index (κ1) is 16.0. The van der Waals surface area contributed by atoms with E-state index in [0.29, 0.717) is 13.1 Å². The highest BCUT2D eigenvalue weighted by atomic mass is 19.4. The first-order chi connectivity index (χ1) is 11.5. The van der Waals surface area contributed by atoms with Gasteiger partial charge >= 0.3 is 6.18 Å². The Balaban J connectivity index is 1.66. The molecule has 0 fully saturated rings. The largest absolute Gasteiger partial charge is 0.433 e. The number of hydrogen-bond acceptors (Lipinski definition) is 4. The van der Waals surface area contributed by atoms with Crippen LogP contribution in [0.3, 0.4) is 0 Å². The van der Waals surface area contributed by atoms with E-state index >= 15 is 0 Å².